The molecule has 5 nitrogen and oxygen atoms in total. The lowest BCUT2D eigenvalue weighted by molar-refractivity contribution is 0.0676. The van der Waals surface area contributed by atoms with Gasteiger partial charge in [-0.25, -0.2) is 13.6 Å². The highest BCUT2D eigenvalue weighted by Crippen LogP contribution is 2.19. The summed E-state index contributed by atoms with van der Waals surface area (Å²) in [6, 6.07) is 6.22. The lowest BCUT2D eigenvalue weighted by Crippen LogP contribution is -2.51. The zero-order valence-electron chi connectivity index (χ0n) is 13.6. The number of nitrogens with zero attached hydrogens (tertiary/aromatic N) is 2. The third-order valence-corrected chi connectivity index (χ3v) is 4.97. The highest BCUT2D eigenvalue weighted by molar-refractivity contribution is 7.13. The van der Waals surface area contributed by atoms with Crippen molar-refractivity contribution in [3.8, 4) is 0 Å². The summed E-state index contributed by atoms with van der Waals surface area (Å²) in [5, 5.41) is 2.43. The van der Waals surface area contributed by atoms with Crippen LogP contribution in [0.3, 0.4) is 0 Å². The van der Waals surface area contributed by atoms with Crippen molar-refractivity contribution >= 4 is 29.0 Å². The number of aryl methyl sites for hydroxylation is 1. The third kappa shape index (κ3) is 3.96. The Labute approximate surface area is 147 Å². The van der Waals surface area contributed by atoms with Gasteiger partial charge in [0.25, 0.3) is 5.91 Å². The number of benzene rings is 1. The number of halogens is 2. The predicted octanol–water partition coefficient (Wildman–Crippen LogP) is 3.32. The van der Waals surface area contributed by atoms with Gasteiger partial charge in [-0.1, -0.05) is 0 Å². The summed E-state index contributed by atoms with van der Waals surface area (Å²) >= 11 is 1.44. The Bertz CT molecular complexity index is 801. The van der Waals surface area contributed by atoms with Gasteiger partial charge in [-0.15, -0.1) is 11.3 Å². The van der Waals surface area contributed by atoms with Crippen LogP contribution in [-0.4, -0.2) is 47.9 Å². The minimum Gasteiger partial charge on any atom is -0.334 e. The summed E-state index contributed by atoms with van der Waals surface area (Å²) in [5.74, 6) is -1.57. The van der Waals surface area contributed by atoms with E-state index in [-0.39, 0.29) is 11.6 Å². The number of amides is 3. The SMILES string of the molecule is Cc1ccc(C(=O)N2CCN(C(=O)Nc3ccc(F)cc3F)CC2)s1. The quantitative estimate of drug-likeness (QED) is 0.888. The Morgan fingerprint density at radius 1 is 1.04 bits per heavy atom. The van der Waals surface area contributed by atoms with E-state index in [2.05, 4.69) is 5.32 Å². The maximum Gasteiger partial charge on any atom is 0.322 e. The van der Waals surface area contributed by atoms with Crippen LogP contribution in [-0.2, 0) is 0 Å². The van der Waals surface area contributed by atoms with Gasteiger partial charge < -0.3 is 15.1 Å². The number of rotatable bonds is 2. The number of nitrogens with one attached hydrogen (secondary N) is 1. The van der Waals surface area contributed by atoms with Gasteiger partial charge in [-0.05, 0) is 31.2 Å². The first-order valence-electron chi connectivity index (χ1n) is 7.81. The summed E-state index contributed by atoms with van der Waals surface area (Å²) < 4.78 is 26.5. The molecule has 25 heavy (non-hydrogen) atoms. The van der Waals surface area contributed by atoms with E-state index in [0.717, 1.165) is 17.0 Å². The molecule has 1 aliphatic heterocycles. The molecule has 1 aromatic carbocycles. The average molecular weight is 365 g/mol. The molecule has 1 saturated heterocycles. The minimum atomic E-state index is -0.824. The maximum absolute atomic E-state index is 13.6. The number of carbonyl (C=O) groups is 2. The molecule has 3 amide bonds. The average Bonchev–Trinajstić information content (AvgIpc) is 3.03. The highest BCUT2D eigenvalue weighted by atomic mass is 32.1. The molecule has 8 heteroatoms. The molecule has 2 aromatic rings. The molecule has 1 aliphatic rings. The van der Waals surface area contributed by atoms with Gasteiger partial charge in [0.2, 0.25) is 0 Å². The molecule has 0 spiro atoms. The molecular formula is C17H17F2N3O2S. The topological polar surface area (TPSA) is 52.7 Å². The van der Waals surface area contributed by atoms with E-state index in [4.69, 9.17) is 0 Å². The second kappa shape index (κ2) is 7.18. The molecule has 1 aromatic heterocycles. The number of carbonyl (C=O) groups excluding carboxylic acids is 2. The predicted molar refractivity (Wildman–Crippen MR) is 91.9 cm³/mol. The monoisotopic (exact) mass is 365 g/mol. The Balaban J connectivity index is 1.56. The van der Waals surface area contributed by atoms with Gasteiger partial charge in [0.05, 0.1) is 10.6 Å². The molecule has 2 heterocycles. The standard InChI is InChI=1S/C17H17F2N3O2S/c1-11-2-5-15(25-11)16(23)21-6-8-22(9-7-21)17(24)20-14-4-3-12(18)10-13(14)19/h2-5,10H,6-9H2,1H3,(H,20,24). The van der Waals surface area contributed by atoms with Crippen molar-refractivity contribution in [2.24, 2.45) is 0 Å². The first kappa shape index (κ1) is 17.3. The van der Waals surface area contributed by atoms with Gasteiger partial charge in [-0.2, -0.15) is 0 Å². The van der Waals surface area contributed by atoms with E-state index in [9.17, 15) is 18.4 Å². The van der Waals surface area contributed by atoms with E-state index < -0.39 is 17.7 Å². The molecule has 3 rings (SSSR count). The number of anilines is 1. The van der Waals surface area contributed by atoms with Crippen LogP contribution in [0.4, 0.5) is 19.3 Å². The van der Waals surface area contributed by atoms with E-state index in [0.29, 0.717) is 31.1 Å². The molecule has 0 aliphatic carbocycles. The van der Waals surface area contributed by atoms with Crippen LogP contribution in [0.5, 0.6) is 0 Å². The second-order valence-corrected chi connectivity index (χ2v) is 7.03. The van der Waals surface area contributed by atoms with Crippen LogP contribution in [0, 0.1) is 18.6 Å². The van der Waals surface area contributed by atoms with E-state index >= 15 is 0 Å². The number of urea groups is 1. The van der Waals surface area contributed by atoms with Crippen molar-refractivity contribution < 1.29 is 18.4 Å². The molecular weight excluding hydrogens is 348 g/mol. The third-order valence-electron chi connectivity index (χ3n) is 3.98. The van der Waals surface area contributed by atoms with Gasteiger partial charge in [-0.3, -0.25) is 4.79 Å². The van der Waals surface area contributed by atoms with Crippen molar-refractivity contribution in [1.82, 2.24) is 9.80 Å². The largest absolute Gasteiger partial charge is 0.334 e. The molecule has 0 bridgehead atoms. The summed E-state index contributed by atoms with van der Waals surface area (Å²) in [5.41, 5.74) is -0.0704. The van der Waals surface area contributed by atoms with Crippen molar-refractivity contribution in [3.63, 3.8) is 0 Å². The fraction of sp³-hybridized carbons (Fsp3) is 0.294. The number of thiophene rings is 1. The van der Waals surface area contributed by atoms with Gasteiger partial charge >= 0.3 is 6.03 Å². The molecule has 0 saturated carbocycles. The normalized spacial score (nSPS) is 14.5. The lowest BCUT2D eigenvalue weighted by atomic mass is 10.3. The summed E-state index contributed by atoms with van der Waals surface area (Å²) in [6.07, 6.45) is 0. The molecule has 132 valence electrons. The van der Waals surface area contributed by atoms with Gasteiger partial charge in [0.1, 0.15) is 11.6 Å². The van der Waals surface area contributed by atoms with Crippen LogP contribution in [0.25, 0.3) is 0 Å². The summed E-state index contributed by atoms with van der Waals surface area (Å²) in [7, 11) is 0. The van der Waals surface area contributed by atoms with Crippen molar-refractivity contribution in [2.45, 2.75) is 6.92 Å². The Morgan fingerprint density at radius 2 is 1.72 bits per heavy atom. The zero-order valence-corrected chi connectivity index (χ0v) is 14.4. The van der Waals surface area contributed by atoms with Crippen LogP contribution < -0.4 is 5.32 Å². The van der Waals surface area contributed by atoms with Gasteiger partial charge in [0, 0.05) is 37.1 Å². The van der Waals surface area contributed by atoms with Crippen molar-refractivity contribution in [2.75, 3.05) is 31.5 Å². The van der Waals surface area contributed by atoms with E-state index in [1.807, 2.05) is 13.0 Å². The second-order valence-electron chi connectivity index (χ2n) is 5.74. The first-order valence-corrected chi connectivity index (χ1v) is 8.62. The number of piperazine rings is 1. The number of hydrogen-bond donors (Lipinski definition) is 1. The highest BCUT2D eigenvalue weighted by Gasteiger charge is 2.25. The fourth-order valence-corrected chi connectivity index (χ4v) is 3.44. The van der Waals surface area contributed by atoms with Crippen molar-refractivity contribution in [3.05, 3.63) is 51.7 Å². The van der Waals surface area contributed by atoms with Crippen molar-refractivity contribution in [1.29, 1.82) is 0 Å². The number of hydrogen-bond acceptors (Lipinski definition) is 3. The van der Waals surface area contributed by atoms with Crippen LogP contribution >= 0.6 is 11.3 Å². The first-order chi connectivity index (χ1) is 11.9. The van der Waals surface area contributed by atoms with E-state index in [1.165, 1.54) is 22.3 Å². The smallest absolute Gasteiger partial charge is 0.322 e. The Kier molecular flexibility index (Phi) is 4.98. The molecule has 1 N–H and O–H groups in total. The van der Waals surface area contributed by atoms with Crippen LogP contribution in [0.1, 0.15) is 14.5 Å². The summed E-state index contributed by atoms with van der Waals surface area (Å²) in [4.78, 5) is 29.6. The molecule has 0 unspecified atom stereocenters. The molecule has 0 radical (unpaired) electrons. The van der Waals surface area contributed by atoms with Gasteiger partial charge in [0.15, 0.2) is 0 Å². The summed E-state index contributed by atoms with van der Waals surface area (Å²) in [6.45, 7) is 3.47. The molecule has 0 atom stereocenters. The Hall–Kier alpha value is -2.48. The maximum atomic E-state index is 13.6. The minimum absolute atomic E-state index is 0.0391. The zero-order chi connectivity index (χ0) is 18.0. The van der Waals surface area contributed by atoms with E-state index in [1.54, 1.807) is 11.0 Å². The lowest BCUT2D eigenvalue weighted by Gasteiger charge is -2.34. The Morgan fingerprint density at radius 3 is 2.32 bits per heavy atom. The van der Waals surface area contributed by atoms with Crippen LogP contribution in [0.15, 0.2) is 30.3 Å². The fourth-order valence-electron chi connectivity index (χ4n) is 2.60. The molecule has 1 fully saturated rings. The van der Waals surface area contributed by atoms with Crippen LogP contribution in [0.2, 0.25) is 0 Å².